The molecular formula is C18H36FeI2P2V. The van der Waals surface area contributed by atoms with Crippen LogP contribution in [0.2, 0.25) is 0 Å². The maximum atomic E-state index is 4.00. The van der Waals surface area contributed by atoms with Crippen molar-refractivity contribution < 1.29 is 26.5 Å². The van der Waals surface area contributed by atoms with E-state index in [1.165, 1.54) is 57.8 Å². The summed E-state index contributed by atoms with van der Waals surface area (Å²) in [5.74, 6) is 2.09. The molecule has 0 amide bonds. The van der Waals surface area contributed by atoms with Crippen molar-refractivity contribution in [2.75, 3.05) is 0 Å². The van der Waals surface area contributed by atoms with Crippen LogP contribution in [0.5, 0.6) is 0 Å². The Morgan fingerprint density at radius 2 is 1.38 bits per heavy atom. The topological polar surface area (TPSA) is 0 Å². The molecule has 0 aromatic heterocycles. The molecular weight excluding hydrogens is 639 g/mol. The third-order valence-corrected chi connectivity index (χ3v) is 4.90. The number of terminal acetylenes is 2. The Morgan fingerprint density at radius 3 is 1.58 bits per heavy atom. The second-order valence-corrected chi connectivity index (χ2v) is 18.2. The molecule has 0 N–H and O–H groups in total. The van der Waals surface area contributed by atoms with E-state index in [9.17, 15) is 0 Å². The van der Waals surface area contributed by atoms with Gasteiger partial charge in [0.15, 0.2) is 0 Å². The molecule has 2 rings (SSSR count). The summed E-state index contributed by atoms with van der Waals surface area (Å²) in [6.07, 6.45) is 29.2. The molecule has 0 bridgehead atoms. The van der Waals surface area contributed by atoms with Crippen LogP contribution in [0.1, 0.15) is 71.6 Å². The molecule has 24 heavy (non-hydrogen) atoms. The van der Waals surface area contributed by atoms with Gasteiger partial charge in [-0.15, -0.1) is 34.9 Å². The van der Waals surface area contributed by atoms with E-state index in [1.54, 1.807) is 0 Å². The second kappa shape index (κ2) is 33.2. The first-order chi connectivity index (χ1) is 10.7. The summed E-state index contributed by atoms with van der Waals surface area (Å²) >= 11 is 4.74. The van der Waals surface area contributed by atoms with Crippen LogP contribution < -0.4 is 0 Å². The van der Waals surface area contributed by atoms with E-state index in [0.29, 0.717) is 9.47 Å². The molecule has 2 aliphatic carbocycles. The van der Waals surface area contributed by atoms with E-state index in [4.69, 9.17) is 0 Å². The van der Waals surface area contributed by atoms with Gasteiger partial charge in [0.2, 0.25) is 0 Å². The third kappa shape index (κ3) is 26.8. The molecule has 2 saturated carbocycles. The molecule has 4 atom stereocenters. The third-order valence-electron chi connectivity index (χ3n) is 4.02. The van der Waals surface area contributed by atoms with E-state index in [2.05, 4.69) is 88.7 Å². The quantitative estimate of drug-likeness (QED) is 0.124. The van der Waals surface area contributed by atoms with Gasteiger partial charge in [0.25, 0.3) is 0 Å². The van der Waals surface area contributed by atoms with Gasteiger partial charge in [-0.3, -0.25) is 0 Å². The Hall–Kier alpha value is 2.54. The van der Waals surface area contributed by atoms with Gasteiger partial charge in [-0.1, -0.05) is 58.8 Å². The van der Waals surface area contributed by atoms with Gasteiger partial charge < -0.3 is 0 Å². The predicted octanol–water partition coefficient (Wildman–Crippen LogP) is 7.35. The molecule has 0 aliphatic heterocycles. The number of halogens is 2. The SMILES string of the molecule is C#C.C#C.CC1CCCC1.CCCC1CCCC1P.P.[Fe].[I][V][I]. The average Bonchev–Trinajstić information content (AvgIpc) is 3.17. The zero-order valence-electron chi connectivity index (χ0n) is 15.2. The fraction of sp³-hybridized carbons (Fsp3) is 0.778. The Kier molecular flexibility index (Phi) is 51.5. The Labute approximate surface area is 198 Å². The first kappa shape index (κ1) is 37.3. The Bertz CT molecular complexity index is 242. The molecule has 0 spiro atoms. The summed E-state index contributed by atoms with van der Waals surface area (Å²) in [5, 5.41) is 0. The molecule has 6 heteroatoms. The van der Waals surface area contributed by atoms with Crippen molar-refractivity contribution in [1.82, 2.24) is 0 Å². The average molecular weight is 675 g/mol. The summed E-state index contributed by atoms with van der Waals surface area (Å²) in [5.41, 5.74) is 0.949. The molecule has 0 saturated heterocycles. The van der Waals surface area contributed by atoms with Crippen LogP contribution in [-0.4, -0.2) is 5.66 Å². The monoisotopic (exact) mass is 675 g/mol. The van der Waals surface area contributed by atoms with Crippen molar-refractivity contribution in [2.45, 2.75) is 77.3 Å². The molecule has 0 heterocycles. The van der Waals surface area contributed by atoms with E-state index < -0.39 is 0 Å². The second-order valence-electron chi connectivity index (χ2n) is 5.60. The van der Waals surface area contributed by atoms with Crippen molar-refractivity contribution in [1.29, 1.82) is 0 Å². The van der Waals surface area contributed by atoms with Crippen molar-refractivity contribution >= 4 is 59.1 Å². The van der Waals surface area contributed by atoms with Crippen molar-refractivity contribution in [3.05, 3.63) is 0 Å². The molecule has 2 aliphatic rings. The summed E-state index contributed by atoms with van der Waals surface area (Å²) in [6.45, 7) is 4.63. The molecule has 0 aromatic rings. The van der Waals surface area contributed by atoms with Gasteiger partial charge >= 0.3 is 49.4 Å². The summed E-state index contributed by atoms with van der Waals surface area (Å²) < 4.78 is 0. The maximum absolute atomic E-state index is 4.00. The molecule has 0 nitrogen and oxygen atoms in total. The van der Waals surface area contributed by atoms with Crippen LogP contribution in [0, 0.1) is 37.5 Å². The normalized spacial score (nSPS) is 20.4. The van der Waals surface area contributed by atoms with E-state index in [0.717, 1.165) is 17.5 Å². The first-order valence-electron chi connectivity index (χ1n) is 8.00. The number of hydrogen-bond donors (Lipinski definition) is 0. The van der Waals surface area contributed by atoms with Gasteiger partial charge in [0.05, 0.1) is 0 Å². The Balaban J connectivity index is -0.0000000709. The first-order valence-corrected chi connectivity index (χ1v) is 17.7. The van der Waals surface area contributed by atoms with Gasteiger partial charge in [-0.2, -0.15) is 9.90 Å². The zero-order valence-corrected chi connectivity index (χ0v) is 24.6. The molecule has 0 radical (unpaired) electrons. The van der Waals surface area contributed by atoms with Crippen LogP contribution in [0.25, 0.3) is 0 Å². The van der Waals surface area contributed by atoms with E-state index in [-0.39, 0.29) is 27.0 Å². The fourth-order valence-electron chi connectivity index (χ4n) is 2.92. The van der Waals surface area contributed by atoms with Crippen LogP contribution in [0.4, 0.5) is 0 Å². The van der Waals surface area contributed by atoms with Gasteiger partial charge in [-0.05, 0) is 30.3 Å². The predicted molar refractivity (Wildman–Crippen MR) is 132 cm³/mol. The van der Waals surface area contributed by atoms with Crippen LogP contribution in [-0.2, 0) is 26.5 Å². The van der Waals surface area contributed by atoms with E-state index in [1.807, 2.05) is 0 Å². The van der Waals surface area contributed by atoms with Crippen molar-refractivity contribution in [3.63, 3.8) is 0 Å². The van der Waals surface area contributed by atoms with Crippen LogP contribution in [0.3, 0.4) is 0 Å². The molecule has 145 valence electrons. The number of rotatable bonds is 2. The van der Waals surface area contributed by atoms with Crippen molar-refractivity contribution in [2.24, 2.45) is 11.8 Å². The van der Waals surface area contributed by atoms with Crippen LogP contribution >= 0.6 is 59.1 Å². The fourth-order valence-corrected chi connectivity index (χ4v) is 3.55. The van der Waals surface area contributed by atoms with Crippen LogP contribution in [0.15, 0.2) is 0 Å². The standard InChI is InChI=1S/C8H17P.C6H12.2C2H2.Fe.2HI.H3P.V/c1-2-4-7-5-3-6-8(7)9;1-6-4-2-3-5-6;2*1-2;;;;;/h7-8H,2-6,9H2,1H3;6H,2-5H2,1H3;2*1-2H;;2*1H;1H3;/q;;;;;;;;+2/p-2. The van der Waals surface area contributed by atoms with Gasteiger partial charge in [-0.25, -0.2) is 0 Å². The van der Waals surface area contributed by atoms with Crippen molar-refractivity contribution in [3.8, 4) is 25.7 Å². The molecule has 4 unspecified atom stereocenters. The number of hydrogen-bond acceptors (Lipinski definition) is 0. The Morgan fingerprint density at radius 1 is 0.958 bits per heavy atom. The summed E-state index contributed by atoms with van der Waals surface area (Å²) in [4.78, 5) is 0. The van der Waals surface area contributed by atoms with Gasteiger partial charge in [0.1, 0.15) is 0 Å². The zero-order chi connectivity index (χ0) is 17.8. The molecule has 2 fully saturated rings. The minimum atomic E-state index is 0. The summed E-state index contributed by atoms with van der Waals surface area (Å²) in [6, 6.07) is 0. The molecule has 0 aromatic carbocycles. The van der Waals surface area contributed by atoms with Gasteiger partial charge in [0, 0.05) is 17.1 Å². The van der Waals surface area contributed by atoms with E-state index >= 15 is 0 Å². The minimum absolute atomic E-state index is 0. The summed E-state index contributed by atoms with van der Waals surface area (Å²) in [7, 11) is 3.61.